The predicted octanol–water partition coefficient (Wildman–Crippen LogP) is 5.51. The molecule has 2 rings (SSSR count). The van der Waals surface area contributed by atoms with Gasteiger partial charge in [-0.05, 0) is 57.2 Å². The summed E-state index contributed by atoms with van der Waals surface area (Å²) in [5.41, 5.74) is 4.43. The van der Waals surface area contributed by atoms with Crippen LogP contribution >= 0.6 is 0 Å². The highest BCUT2D eigenvalue weighted by atomic mass is 16.6. The van der Waals surface area contributed by atoms with Gasteiger partial charge < -0.3 is 10.1 Å². The molecule has 0 unspecified atom stereocenters. The molecule has 3 heteroatoms. The first-order valence-corrected chi connectivity index (χ1v) is 8.92. The SMILES string of the molecule is CC[C@H](Cc1ccc(-c2cccc(C)c2)cc1)NC(=O)OC(C)(C)C. The van der Waals surface area contributed by atoms with E-state index >= 15 is 0 Å². The molecule has 0 fully saturated rings. The van der Waals surface area contributed by atoms with Crippen LogP contribution < -0.4 is 5.32 Å². The number of rotatable bonds is 5. The lowest BCUT2D eigenvalue weighted by molar-refractivity contribution is 0.0503. The van der Waals surface area contributed by atoms with Crippen LogP contribution in [0.5, 0.6) is 0 Å². The van der Waals surface area contributed by atoms with Gasteiger partial charge >= 0.3 is 6.09 Å². The van der Waals surface area contributed by atoms with Crippen LogP contribution in [0.4, 0.5) is 4.79 Å². The molecule has 1 atom stereocenters. The summed E-state index contributed by atoms with van der Waals surface area (Å²) in [5, 5.41) is 2.96. The van der Waals surface area contributed by atoms with Gasteiger partial charge in [-0.15, -0.1) is 0 Å². The fraction of sp³-hybridized carbons (Fsp3) is 0.409. The molecule has 0 heterocycles. The maximum atomic E-state index is 12.0. The van der Waals surface area contributed by atoms with Crippen LogP contribution in [0.3, 0.4) is 0 Å². The van der Waals surface area contributed by atoms with Crippen LogP contribution in [0.15, 0.2) is 48.5 Å². The average molecular weight is 339 g/mol. The molecule has 0 aliphatic rings. The Morgan fingerprint density at radius 2 is 1.76 bits per heavy atom. The third kappa shape index (κ3) is 6.26. The lowest BCUT2D eigenvalue weighted by Crippen LogP contribution is -2.39. The van der Waals surface area contributed by atoms with Crippen molar-refractivity contribution in [2.45, 2.75) is 59.1 Å². The second-order valence-electron chi connectivity index (χ2n) is 7.52. The molecule has 0 radical (unpaired) electrons. The predicted molar refractivity (Wildman–Crippen MR) is 104 cm³/mol. The van der Waals surface area contributed by atoms with Gasteiger partial charge in [0.2, 0.25) is 0 Å². The Morgan fingerprint density at radius 3 is 2.32 bits per heavy atom. The Kier molecular flexibility index (Phi) is 6.24. The summed E-state index contributed by atoms with van der Waals surface area (Å²) in [6.45, 7) is 9.79. The number of nitrogens with one attached hydrogen (secondary N) is 1. The first-order chi connectivity index (χ1) is 11.8. The van der Waals surface area contributed by atoms with Crippen molar-refractivity contribution in [2.75, 3.05) is 0 Å². The van der Waals surface area contributed by atoms with Crippen LogP contribution in [0.2, 0.25) is 0 Å². The van der Waals surface area contributed by atoms with Crippen LogP contribution in [-0.2, 0) is 11.2 Å². The summed E-state index contributed by atoms with van der Waals surface area (Å²) in [6, 6.07) is 17.1. The van der Waals surface area contributed by atoms with E-state index in [0.717, 1.165) is 12.8 Å². The normalized spacial score (nSPS) is 12.5. The highest BCUT2D eigenvalue weighted by molar-refractivity contribution is 5.68. The maximum absolute atomic E-state index is 12.0. The summed E-state index contributed by atoms with van der Waals surface area (Å²) in [4.78, 5) is 12.0. The van der Waals surface area contributed by atoms with Gasteiger partial charge in [-0.2, -0.15) is 0 Å². The summed E-state index contributed by atoms with van der Waals surface area (Å²) in [6.07, 6.45) is 1.30. The van der Waals surface area contributed by atoms with Crippen molar-refractivity contribution in [3.8, 4) is 11.1 Å². The fourth-order valence-electron chi connectivity index (χ4n) is 2.71. The molecular weight excluding hydrogens is 310 g/mol. The molecule has 1 amide bonds. The van der Waals surface area contributed by atoms with Gasteiger partial charge in [-0.25, -0.2) is 4.79 Å². The van der Waals surface area contributed by atoms with Crippen molar-refractivity contribution in [1.82, 2.24) is 5.32 Å². The fourth-order valence-corrected chi connectivity index (χ4v) is 2.71. The number of benzene rings is 2. The van der Waals surface area contributed by atoms with E-state index in [1.165, 1.54) is 22.3 Å². The number of hydrogen-bond acceptors (Lipinski definition) is 2. The molecule has 0 aromatic heterocycles. The molecule has 3 nitrogen and oxygen atoms in total. The minimum atomic E-state index is -0.474. The summed E-state index contributed by atoms with van der Waals surface area (Å²) < 4.78 is 5.35. The van der Waals surface area contributed by atoms with Gasteiger partial charge in [0.1, 0.15) is 5.60 Å². The van der Waals surface area contributed by atoms with E-state index in [1.807, 2.05) is 20.8 Å². The molecule has 25 heavy (non-hydrogen) atoms. The van der Waals surface area contributed by atoms with E-state index in [1.54, 1.807) is 0 Å². The van der Waals surface area contributed by atoms with Crippen molar-refractivity contribution in [2.24, 2.45) is 0 Å². The van der Waals surface area contributed by atoms with E-state index in [0.29, 0.717) is 0 Å². The smallest absolute Gasteiger partial charge is 0.407 e. The van der Waals surface area contributed by atoms with Gasteiger partial charge in [0, 0.05) is 6.04 Å². The maximum Gasteiger partial charge on any atom is 0.407 e. The number of carbonyl (C=O) groups is 1. The molecule has 0 saturated heterocycles. The lowest BCUT2D eigenvalue weighted by Gasteiger charge is -2.23. The second-order valence-corrected chi connectivity index (χ2v) is 7.52. The van der Waals surface area contributed by atoms with Crippen molar-refractivity contribution in [3.63, 3.8) is 0 Å². The van der Waals surface area contributed by atoms with E-state index < -0.39 is 5.60 Å². The Morgan fingerprint density at radius 1 is 1.08 bits per heavy atom. The molecule has 2 aromatic rings. The van der Waals surface area contributed by atoms with Crippen molar-refractivity contribution in [1.29, 1.82) is 0 Å². The highest BCUT2D eigenvalue weighted by Gasteiger charge is 2.18. The third-order valence-electron chi connectivity index (χ3n) is 4.00. The molecule has 2 aromatic carbocycles. The first-order valence-electron chi connectivity index (χ1n) is 8.92. The molecule has 134 valence electrons. The lowest BCUT2D eigenvalue weighted by atomic mass is 9.99. The number of aryl methyl sites for hydroxylation is 1. The van der Waals surface area contributed by atoms with Crippen LogP contribution in [-0.4, -0.2) is 17.7 Å². The number of carbonyl (C=O) groups excluding carboxylic acids is 1. The van der Waals surface area contributed by atoms with Crippen molar-refractivity contribution < 1.29 is 9.53 Å². The van der Waals surface area contributed by atoms with Crippen LogP contribution in [0, 0.1) is 6.92 Å². The average Bonchev–Trinajstić information content (AvgIpc) is 2.53. The highest BCUT2D eigenvalue weighted by Crippen LogP contribution is 2.21. The summed E-state index contributed by atoms with van der Waals surface area (Å²) in [7, 11) is 0. The standard InChI is InChI=1S/C22H29NO2/c1-6-20(23-21(24)25-22(3,4)5)15-17-10-12-18(13-11-17)19-9-7-8-16(2)14-19/h7-14,20H,6,15H2,1-5H3,(H,23,24)/t20-/m1/s1. The molecule has 0 bridgehead atoms. The zero-order chi connectivity index (χ0) is 18.4. The van der Waals surface area contributed by atoms with Gasteiger partial charge in [-0.1, -0.05) is 61.0 Å². The van der Waals surface area contributed by atoms with Crippen molar-refractivity contribution in [3.05, 3.63) is 59.7 Å². The zero-order valence-electron chi connectivity index (χ0n) is 15.9. The van der Waals surface area contributed by atoms with Gasteiger partial charge in [0.05, 0.1) is 0 Å². The van der Waals surface area contributed by atoms with Crippen molar-refractivity contribution >= 4 is 6.09 Å². The molecule has 0 spiro atoms. The monoisotopic (exact) mass is 339 g/mol. The zero-order valence-corrected chi connectivity index (χ0v) is 15.9. The topological polar surface area (TPSA) is 38.3 Å². The van der Waals surface area contributed by atoms with Gasteiger partial charge in [-0.3, -0.25) is 0 Å². The van der Waals surface area contributed by atoms with E-state index in [9.17, 15) is 4.79 Å². The Labute approximate surface area is 151 Å². The Hall–Kier alpha value is -2.29. The van der Waals surface area contributed by atoms with E-state index in [4.69, 9.17) is 4.74 Å². The largest absolute Gasteiger partial charge is 0.444 e. The Bertz CT molecular complexity index is 699. The van der Waals surface area contributed by atoms with E-state index in [-0.39, 0.29) is 12.1 Å². The number of hydrogen-bond donors (Lipinski definition) is 1. The van der Waals surface area contributed by atoms with E-state index in [2.05, 4.69) is 67.7 Å². The molecule has 0 saturated carbocycles. The number of amides is 1. The third-order valence-corrected chi connectivity index (χ3v) is 4.00. The van der Waals surface area contributed by atoms with Crippen LogP contribution in [0.25, 0.3) is 11.1 Å². The number of alkyl carbamates (subject to hydrolysis) is 1. The molecule has 0 aliphatic heterocycles. The van der Waals surface area contributed by atoms with Gasteiger partial charge in [0.25, 0.3) is 0 Å². The quantitative estimate of drug-likeness (QED) is 0.780. The molecule has 0 aliphatic carbocycles. The minimum absolute atomic E-state index is 0.0691. The van der Waals surface area contributed by atoms with Gasteiger partial charge in [0.15, 0.2) is 0 Å². The first kappa shape index (κ1) is 19.0. The Balaban J connectivity index is 2.00. The molecule has 1 N–H and O–H groups in total. The second kappa shape index (κ2) is 8.19. The molecular formula is C22H29NO2. The summed E-state index contributed by atoms with van der Waals surface area (Å²) in [5.74, 6) is 0. The minimum Gasteiger partial charge on any atom is -0.444 e. The number of ether oxygens (including phenoxy) is 1. The van der Waals surface area contributed by atoms with Crippen LogP contribution in [0.1, 0.15) is 45.2 Å². The summed E-state index contributed by atoms with van der Waals surface area (Å²) >= 11 is 0.